The van der Waals surface area contributed by atoms with Crippen molar-refractivity contribution in [3.8, 4) is 22.5 Å². The van der Waals surface area contributed by atoms with Gasteiger partial charge in [0.15, 0.2) is 0 Å². The Morgan fingerprint density at radius 1 is 0.471 bits per heavy atom. The first-order valence-corrected chi connectivity index (χ1v) is 15.2. The Kier molecular flexibility index (Phi) is 3.21. The van der Waals surface area contributed by atoms with E-state index in [0.717, 1.165) is 12.1 Å². The van der Waals surface area contributed by atoms with Crippen molar-refractivity contribution in [2.75, 3.05) is 4.90 Å². The van der Waals surface area contributed by atoms with Crippen LogP contribution in [0.2, 0.25) is 0 Å². The van der Waals surface area contributed by atoms with Crippen LogP contribution >= 0.6 is 0 Å². The fraction of sp³-hybridized carbons (Fsp3) is 0. The number of aromatic nitrogens is 3. The van der Waals surface area contributed by atoms with Gasteiger partial charge in [-0.2, -0.15) is 0 Å². The molecule has 0 amide bonds. The molecule has 0 saturated heterocycles. The summed E-state index contributed by atoms with van der Waals surface area (Å²) in [4.78, 5) is 14.3. The van der Waals surface area contributed by atoms with Crippen LogP contribution in [-0.2, 0) is 0 Å². The number of benzene rings is 7. The quantitative estimate of drug-likeness (QED) is 0.170. The van der Waals surface area contributed by atoms with Gasteiger partial charge in [-0.1, -0.05) is 133 Å². The van der Waals surface area contributed by atoms with E-state index < -0.39 is 172 Å². The van der Waals surface area contributed by atoms with Gasteiger partial charge in [0.1, 0.15) is 0 Å². The summed E-state index contributed by atoms with van der Waals surface area (Å²) < 4.78 is 214. The Hall–Kier alpha value is -6.91. The molecule has 0 spiro atoms. The molecule has 238 valence electrons. The van der Waals surface area contributed by atoms with Crippen molar-refractivity contribution in [1.82, 2.24) is 15.0 Å². The van der Waals surface area contributed by atoms with E-state index >= 15 is 0 Å². The van der Waals surface area contributed by atoms with Crippen LogP contribution < -0.4 is 4.90 Å². The molecule has 0 N–H and O–H groups in total. The lowest BCUT2D eigenvalue weighted by molar-refractivity contribution is 1.28. The first-order valence-electron chi connectivity index (χ1n) is 27.2. The number of rotatable bonds is 5. The van der Waals surface area contributed by atoms with Crippen molar-refractivity contribution in [2.45, 2.75) is 0 Å². The maximum absolute atomic E-state index is 9.77. The largest absolute Gasteiger partial charge is 0.308 e. The van der Waals surface area contributed by atoms with Crippen molar-refractivity contribution >= 4 is 71.3 Å². The Labute approximate surface area is 328 Å². The van der Waals surface area contributed by atoms with Gasteiger partial charge < -0.3 is 4.90 Å². The van der Waals surface area contributed by atoms with Crippen LogP contribution in [0.4, 0.5) is 17.1 Å². The van der Waals surface area contributed by atoms with Crippen molar-refractivity contribution in [2.24, 2.45) is 0 Å². The van der Waals surface area contributed by atoms with Gasteiger partial charge in [0.05, 0.1) is 66.5 Å². The Morgan fingerprint density at radius 2 is 1.22 bits per heavy atom. The predicted octanol–water partition coefficient (Wildman–Crippen LogP) is 12.4. The van der Waals surface area contributed by atoms with Gasteiger partial charge in [0.2, 0.25) is 0 Å². The first-order chi connectivity index (χ1) is 35.2. The maximum Gasteiger partial charge on any atom is 0.0972 e. The highest BCUT2D eigenvalue weighted by molar-refractivity contribution is 6.25. The SMILES string of the molecule is [2H]c1cc2c([2H])c([2H])c3cc([2H])c(-c4ccc([2H])c5c4c([2H])c([2H])c4c(-c6c([2H])cc([2H])c([2H])c6[2H])nc6c(N(c7c([2H])c([2H])c([2H])c([2H])c7[2H])c7c([2H])c([2H])c([2H])c([2H])c7[2H])c([2H])cc([2H])c6c45)nc3c2nc1[2H]. The van der Waals surface area contributed by atoms with Gasteiger partial charge in [-0.3, -0.25) is 4.98 Å². The van der Waals surface area contributed by atoms with Gasteiger partial charge in [0.25, 0.3) is 0 Å². The highest BCUT2D eigenvalue weighted by atomic mass is 15.1. The van der Waals surface area contributed by atoms with E-state index in [1.165, 1.54) is 24.3 Å². The number of hydrogen-bond donors (Lipinski definition) is 0. The van der Waals surface area contributed by atoms with Crippen molar-refractivity contribution < 1.29 is 32.9 Å². The highest BCUT2D eigenvalue weighted by Gasteiger charge is 2.21. The van der Waals surface area contributed by atoms with E-state index in [9.17, 15) is 8.22 Å². The second-order valence-corrected chi connectivity index (χ2v) is 11.0. The lowest BCUT2D eigenvalue weighted by Gasteiger charge is -2.27. The molecule has 0 unspecified atom stereocenters. The minimum absolute atomic E-state index is 0.00576. The lowest BCUT2D eigenvalue weighted by atomic mass is 9.92. The summed E-state index contributed by atoms with van der Waals surface area (Å²) >= 11 is 0. The van der Waals surface area contributed by atoms with Gasteiger partial charge >= 0.3 is 0 Å². The zero-order chi connectivity index (χ0) is 54.6. The van der Waals surface area contributed by atoms with Gasteiger partial charge in [0, 0.05) is 55.6 Å². The van der Waals surface area contributed by atoms with Gasteiger partial charge in [-0.15, -0.1) is 0 Å². The third-order valence-corrected chi connectivity index (χ3v) is 8.18. The number of hydrogen-bond acceptors (Lipinski definition) is 4. The molecule has 0 radical (unpaired) electrons. The minimum Gasteiger partial charge on any atom is -0.308 e. The van der Waals surface area contributed by atoms with E-state index in [0.29, 0.717) is 4.90 Å². The molecule has 0 fully saturated rings. The molecule has 3 aromatic heterocycles. The predicted molar refractivity (Wildman–Crippen MR) is 213 cm³/mol. The van der Waals surface area contributed by atoms with Crippen LogP contribution in [0.5, 0.6) is 0 Å². The summed E-state index contributed by atoms with van der Waals surface area (Å²) in [6.07, 6.45) is -0.488. The van der Waals surface area contributed by atoms with Crippen LogP contribution in [0.3, 0.4) is 0 Å². The average Bonchev–Trinajstić information content (AvgIpc) is 3.40. The molecular formula is C47H30N4. The molecule has 4 nitrogen and oxygen atoms in total. The summed E-state index contributed by atoms with van der Waals surface area (Å²) in [7, 11) is 0. The summed E-state index contributed by atoms with van der Waals surface area (Å²) in [5.41, 5.74) is -4.69. The molecule has 0 aliphatic carbocycles. The molecule has 0 saturated carbocycles. The standard InChI is InChI=1S/C47H30N4/c1-4-13-31(14-5-1)44-40-28-27-36-37(41-29-26-33-25-24-32-15-12-30-48-45(32)46(33)49-41)20-10-21-38(36)43(40)39-22-11-23-42(47(39)50-44)51(34-16-6-2-7-17-34)35-18-8-3-9-19-35/h1-30H/i1D,2D,3D,4D,6D,7D,8D,9D,12D,13D,14D,16D,17D,18D,19D,21D,22D,23D,24D,25D,27D,28D,29D,30D. The van der Waals surface area contributed by atoms with Crippen LogP contribution in [0.1, 0.15) is 32.9 Å². The topological polar surface area (TPSA) is 41.9 Å². The minimum atomic E-state index is -0.994. The average molecular weight is 675 g/mol. The Balaban J connectivity index is 1.48. The van der Waals surface area contributed by atoms with Crippen LogP contribution in [0.25, 0.3) is 76.8 Å². The summed E-state index contributed by atoms with van der Waals surface area (Å²) in [5.74, 6) is 0. The number of para-hydroxylation sites is 3. The number of anilines is 3. The number of nitrogens with zero attached hydrogens (tertiary/aromatic N) is 4. The van der Waals surface area contributed by atoms with E-state index in [2.05, 4.69) is 4.98 Å². The van der Waals surface area contributed by atoms with Crippen LogP contribution in [-0.4, -0.2) is 15.0 Å². The number of fused-ring (bicyclic) bond motifs is 8. The molecule has 0 atom stereocenters. The van der Waals surface area contributed by atoms with Gasteiger partial charge in [-0.25, -0.2) is 9.97 Å². The first kappa shape index (κ1) is 13.8. The molecule has 0 bridgehead atoms. The van der Waals surface area contributed by atoms with Crippen LogP contribution in [0, 0.1) is 0 Å². The molecule has 3 heterocycles. The normalized spacial score (nSPS) is 18.1. The zero-order valence-corrected chi connectivity index (χ0v) is 25.8. The number of pyridine rings is 3. The van der Waals surface area contributed by atoms with Gasteiger partial charge in [-0.05, 0) is 53.1 Å². The molecular weight excluding hydrogens is 621 g/mol. The highest BCUT2D eigenvalue weighted by Crippen LogP contribution is 2.44. The van der Waals surface area contributed by atoms with E-state index in [1.807, 2.05) is 0 Å². The summed E-state index contributed by atoms with van der Waals surface area (Å²) in [5, 5.41) is -1.78. The smallest absolute Gasteiger partial charge is 0.0972 e. The molecule has 51 heavy (non-hydrogen) atoms. The van der Waals surface area contributed by atoms with E-state index in [4.69, 9.17) is 34.6 Å². The third kappa shape index (κ3) is 4.80. The third-order valence-electron chi connectivity index (χ3n) is 8.18. The summed E-state index contributed by atoms with van der Waals surface area (Å²) in [6, 6.07) is -10.3. The van der Waals surface area contributed by atoms with Crippen molar-refractivity contribution in [3.05, 3.63) is 182 Å². The molecule has 4 heteroatoms. The zero-order valence-electron chi connectivity index (χ0n) is 49.8. The molecule has 10 rings (SSSR count). The lowest BCUT2D eigenvalue weighted by Crippen LogP contribution is -2.11. The fourth-order valence-corrected chi connectivity index (χ4v) is 6.02. The molecule has 0 aliphatic heterocycles. The van der Waals surface area contributed by atoms with E-state index in [1.54, 1.807) is 0 Å². The second-order valence-electron chi connectivity index (χ2n) is 11.0. The fourth-order valence-electron chi connectivity index (χ4n) is 6.02. The van der Waals surface area contributed by atoms with Crippen molar-refractivity contribution in [1.29, 1.82) is 0 Å². The summed E-state index contributed by atoms with van der Waals surface area (Å²) in [6.45, 7) is 0. The Morgan fingerprint density at radius 3 is 2.04 bits per heavy atom. The maximum atomic E-state index is 9.77. The second kappa shape index (κ2) is 11.9. The molecule has 0 aliphatic rings. The van der Waals surface area contributed by atoms with E-state index in [-0.39, 0.29) is 67.3 Å². The molecule has 10 aromatic rings. The van der Waals surface area contributed by atoms with Crippen LogP contribution in [0.15, 0.2) is 182 Å². The Bertz CT molecular complexity index is 4190. The van der Waals surface area contributed by atoms with Crippen molar-refractivity contribution in [3.63, 3.8) is 0 Å². The molecule has 7 aromatic carbocycles. The monoisotopic (exact) mass is 674 g/mol.